The van der Waals surface area contributed by atoms with E-state index in [1.54, 1.807) is 0 Å². The van der Waals surface area contributed by atoms with E-state index in [1.807, 2.05) is 15.9 Å². The molecule has 1 saturated heterocycles. The molecule has 6 nitrogen and oxygen atoms in total. The Kier molecular flexibility index (Phi) is 6.25. The largest absolute Gasteiger partial charge is 0.349 e. The molecule has 162 valence electrons. The number of rotatable bonds is 5. The molecule has 4 rings (SSSR count). The van der Waals surface area contributed by atoms with Crippen molar-refractivity contribution in [2.24, 2.45) is 0 Å². The highest BCUT2D eigenvalue weighted by atomic mass is 16.7. The zero-order chi connectivity index (χ0) is 21.1. The van der Waals surface area contributed by atoms with Crippen LogP contribution in [0.4, 0.5) is 0 Å². The van der Waals surface area contributed by atoms with Crippen molar-refractivity contribution in [1.29, 1.82) is 0 Å². The molecule has 0 spiro atoms. The fraction of sp³-hybridized carbons (Fsp3) is 0.583. The first-order valence-electron chi connectivity index (χ1n) is 11.3. The van der Waals surface area contributed by atoms with Gasteiger partial charge in [-0.05, 0) is 55.2 Å². The minimum Gasteiger partial charge on any atom is -0.349 e. The molecule has 1 aromatic heterocycles. The third-order valence-corrected chi connectivity index (χ3v) is 6.16. The fourth-order valence-electron chi connectivity index (χ4n) is 4.35. The van der Waals surface area contributed by atoms with Gasteiger partial charge in [0.25, 0.3) is 0 Å². The number of amides is 1. The lowest BCUT2D eigenvalue weighted by atomic mass is 9.87. The molecule has 2 heterocycles. The molecule has 1 unspecified atom stereocenters. The number of hydrogen-bond donors (Lipinski definition) is 1. The standard InChI is InChI=1S/C24H34N4O2/c1-24(2,3)18-9-11-19(12-10-18)28-22-8-6-7-21(20(22)17-25-28)26-23(29)13-15-27-14-4-5-16-30-27/h9-12,17,21H,4-8,13-16H2,1-3H3,(H,26,29). The SMILES string of the molecule is CC(C)(C)c1ccc(-n2ncc3c2CCCC3NC(=O)CCN2CCCCO2)cc1. The molecule has 2 aliphatic rings. The van der Waals surface area contributed by atoms with Crippen LogP contribution in [-0.2, 0) is 21.5 Å². The van der Waals surface area contributed by atoms with Gasteiger partial charge in [0.1, 0.15) is 0 Å². The van der Waals surface area contributed by atoms with Crippen molar-refractivity contribution in [2.45, 2.75) is 70.8 Å². The highest BCUT2D eigenvalue weighted by Crippen LogP contribution is 2.32. The Morgan fingerprint density at radius 3 is 2.70 bits per heavy atom. The molecule has 1 atom stereocenters. The fourth-order valence-corrected chi connectivity index (χ4v) is 4.35. The third kappa shape index (κ3) is 4.76. The summed E-state index contributed by atoms with van der Waals surface area (Å²) in [5.74, 6) is 0.0873. The highest BCUT2D eigenvalue weighted by molar-refractivity contribution is 5.76. The molecule has 6 heteroatoms. The van der Waals surface area contributed by atoms with Gasteiger partial charge >= 0.3 is 0 Å². The number of fused-ring (bicyclic) bond motifs is 1. The average Bonchev–Trinajstić information content (AvgIpc) is 3.18. The first kappa shape index (κ1) is 21.1. The number of nitrogens with zero attached hydrogens (tertiary/aromatic N) is 3. The summed E-state index contributed by atoms with van der Waals surface area (Å²) >= 11 is 0. The second-order valence-corrected chi connectivity index (χ2v) is 9.49. The molecule has 0 bridgehead atoms. The second-order valence-electron chi connectivity index (χ2n) is 9.49. The van der Waals surface area contributed by atoms with Crippen LogP contribution < -0.4 is 5.32 Å². The molecule has 1 aliphatic heterocycles. The number of aromatic nitrogens is 2. The van der Waals surface area contributed by atoms with Gasteiger partial charge in [0.2, 0.25) is 5.91 Å². The minimum absolute atomic E-state index is 0.0473. The molecule has 30 heavy (non-hydrogen) atoms. The van der Waals surface area contributed by atoms with Gasteiger partial charge in [-0.1, -0.05) is 32.9 Å². The van der Waals surface area contributed by atoms with E-state index < -0.39 is 0 Å². The predicted octanol–water partition coefficient (Wildman–Crippen LogP) is 4.08. The van der Waals surface area contributed by atoms with Gasteiger partial charge in [-0.25, -0.2) is 4.68 Å². The van der Waals surface area contributed by atoms with Gasteiger partial charge in [-0.3, -0.25) is 9.63 Å². The van der Waals surface area contributed by atoms with Crippen LogP contribution in [-0.4, -0.2) is 40.4 Å². The lowest BCUT2D eigenvalue weighted by molar-refractivity contribution is -0.181. The smallest absolute Gasteiger partial charge is 0.221 e. The van der Waals surface area contributed by atoms with Crippen LogP contribution in [0.2, 0.25) is 0 Å². The second kappa shape index (κ2) is 8.90. The maximum Gasteiger partial charge on any atom is 0.221 e. The molecule has 1 aromatic carbocycles. The lowest BCUT2D eigenvalue weighted by Gasteiger charge is -2.27. The first-order valence-corrected chi connectivity index (χ1v) is 11.3. The summed E-state index contributed by atoms with van der Waals surface area (Å²) in [5.41, 5.74) is 4.91. The van der Waals surface area contributed by atoms with Crippen molar-refractivity contribution in [2.75, 3.05) is 19.7 Å². The van der Waals surface area contributed by atoms with Gasteiger partial charge < -0.3 is 5.32 Å². The number of carbonyl (C=O) groups is 1. The van der Waals surface area contributed by atoms with Gasteiger partial charge in [-0.2, -0.15) is 10.2 Å². The molecular weight excluding hydrogens is 376 g/mol. The number of nitrogens with one attached hydrogen (secondary N) is 1. The maximum absolute atomic E-state index is 12.6. The summed E-state index contributed by atoms with van der Waals surface area (Å²) in [6, 6.07) is 8.72. The lowest BCUT2D eigenvalue weighted by Crippen LogP contribution is -2.36. The van der Waals surface area contributed by atoms with E-state index in [1.165, 1.54) is 11.3 Å². The van der Waals surface area contributed by atoms with Gasteiger partial charge in [0.15, 0.2) is 0 Å². The Morgan fingerprint density at radius 1 is 1.20 bits per heavy atom. The number of carbonyl (C=O) groups excluding carboxylic acids is 1. The van der Waals surface area contributed by atoms with E-state index in [-0.39, 0.29) is 17.4 Å². The van der Waals surface area contributed by atoms with E-state index in [9.17, 15) is 4.79 Å². The van der Waals surface area contributed by atoms with Crippen LogP contribution in [0.5, 0.6) is 0 Å². The predicted molar refractivity (Wildman–Crippen MR) is 117 cm³/mol. The van der Waals surface area contributed by atoms with E-state index in [4.69, 9.17) is 4.84 Å². The van der Waals surface area contributed by atoms with Crippen LogP contribution in [0.3, 0.4) is 0 Å². The Balaban J connectivity index is 1.42. The summed E-state index contributed by atoms with van der Waals surface area (Å²) in [4.78, 5) is 18.1. The zero-order valence-corrected chi connectivity index (χ0v) is 18.5. The summed E-state index contributed by atoms with van der Waals surface area (Å²) in [5, 5.41) is 9.83. The monoisotopic (exact) mass is 410 g/mol. The topological polar surface area (TPSA) is 59.4 Å². The van der Waals surface area contributed by atoms with Gasteiger partial charge in [0, 0.05) is 30.8 Å². The number of hydrogen-bond acceptors (Lipinski definition) is 4. The Morgan fingerprint density at radius 2 is 2.00 bits per heavy atom. The number of hydroxylamine groups is 2. The van der Waals surface area contributed by atoms with Crippen molar-refractivity contribution >= 4 is 5.91 Å². The molecule has 0 saturated carbocycles. The molecule has 1 amide bonds. The van der Waals surface area contributed by atoms with Crippen molar-refractivity contribution < 1.29 is 9.63 Å². The summed E-state index contributed by atoms with van der Waals surface area (Å²) < 4.78 is 2.04. The zero-order valence-electron chi connectivity index (χ0n) is 18.5. The van der Waals surface area contributed by atoms with Crippen molar-refractivity contribution in [3.63, 3.8) is 0 Å². The molecule has 1 N–H and O–H groups in total. The van der Waals surface area contributed by atoms with Crippen molar-refractivity contribution in [3.05, 3.63) is 47.3 Å². The van der Waals surface area contributed by atoms with Crippen molar-refractivity contribution in [1.82, 2.24) is 20.2 Å². The van der Waals surface area contributed by atoms with Gasteiger partial charge in [-0.15, -0.1) is 0 Å². The summed E-state index contributed by atoms with van der Waals surface area (Å²) in [6.07, 6.45) is 7.66. The third-order valence-electron chi connectivity index (χ3n) is 6.16. The van der Waals surface area contributed by atoms with E-state index in [0.717, 1.165) is 56.5 Å². The van der Waals surface area contributed by atoms with Gasteiger partial charge in [0.05, 0.1) is 24.5 Å². The summed E-state index contributed by atoms with van der Waals surface area (Å²) in [6.45, 7) is 9.02. The van der Waals surface area contributed by atoms with Crippen molar-refractivity contribution in [3.8, 4) is 5.69 Å². The number of benzene rings is 1. The molecule has 1 aliphatic carbocycles. The normalized spacial score (nSPS) is 20.0. The van der Waals surface area contributed by atoms with Crippen LogP contribution >= 0.6 is 0 Å². The Labute approximate surface area is 179 Å². The summed E-state index contributed by atoms with van der Waals surface area (Å²) in [7, 11) is 0. The van der Waals surface area contributed by atoms with Crippen LogP contribution in [0.1, 0.15) is 75.7 Å². The van der Waals surface area contributed by atoms with Crippen LogP contribution in [0.15, 0.2) is 30.5 Å². The molecule has 0 radical (unpaired) electrons. The average molecular weight is 411 g/mol. The Hall–Kier alpha value is -2.18. The van der Waals surface area contributed by atoms with E-state index in [0.29, 0.717) is 13.0 Å². The Bertz CT molecular complexity index is 860. The van der Waals surface area contributed by atoms with Crippen LogP contribution in [0.25, 0.3) is 5.69 Å². The molecule has 2 aromatic rings. The minimum atomic E-state index is 0.0473. The quantitative estimate of drug-likeness (QED) is 0.807. The maximum atomic E-state index is 12.6. The van der Waals surface area contributed by atoms with E-state index in [2.05, 4.69) is 55.5 Å². The molecule has 1 fully saturated rings. The highest BCUT2D eigenvalue weighted by Gasteiger charge is 2.26. The van der Waals surface area contributed by atoms with Crippen LogP contribution in [0, 0.1) is 0 Å². The van der Waals surface area contributed by atoms with E-state index >= 15 is 0 Å². The first-order chi connectivity index (χ1) is 14.4. The molecular formula is C24H34N4O2.